The number of aryl methyl sites for hydroxylation is 2. The molecular formula is C27H25NO5S. The van der Waals surface area contributed by atoms with Gasteiger partial charge in [-0.25, -0.2) is 13.2 Å². The summed E-state index contributed by atoms with van der Waals surface area (Å²) >= 11 is 0. The average molecular weight is 476 g/mol. The molecule has 0 saturated heterocycles. The maximum absolute atomic E-state index is 13.1. The molecular weight excluding hydrogens is 450 g/mol. The molecule has 3 aromatic carbocycles. The molecule has 1 unspecified atom stereocenters. The highest BCUT2D eigenvalue weighted by atomic mass is 32.2. The van der Waals surface area contributed by atoms with Gasteiger partial charge in [0.2, 0.25) is 0 Å². The molecule has 7 heteroatoms. The van der Waals surface area contributed by atoms with Gasteiger partial charge in [0.25, 0.3) is 5.91 Å². The third-order valence-corrected chi connectivity index (χ3v) is 7.01. The minimum absolute atomic E-state index is 0.204. The van der Waals surface area contributed by atoms with Gasteiger partial charge in [0.1, 0.15) is 0 Å². The van der Waals surface area contributed by atoms with Gasteiger partial charge >= 0.3 is 5.97 Å². The van der Waals surface area contributed by atoms with E-state index in [9.17, 15) is 18.0 Å². The van der Waals surface area contributed by atoms with Crippen molar-refractivity contribution in [1.82, 2.24) is 0 Å². The first-order chi connectivity index (χ1) is 16.4. The van der Waals surface area contributed by atoms with Gasteiger partial charge < -0.3 is 9.64 Å². The van der Waals surface area contributed by atoms with Gasteiger partial charge in [-0.3, -0.25) is 4.79 Å². The van der Waals surface area contributed by atoms with Gasteiger partial charge in [0, 0.05) is 11.1 Å². The van der Waals surface area contributed by atoms with E-state index in [4.69, 9.17) is 4.74 Å². The summed E-state index contributed by atoms with van der Waals surface area (Å²) in [5.41, 5.74) is 2.96. The topological polar surface area (TPSA) is 80.8 Å². The summed E-state index contributed by atoms with van der Waals surface area (Å²) in [6, 6.07) is 25.3. The van der Waals surface area contributed by atoms with Crippen LogP contribution in [0, 0.1) is 0 Å². The number of rotatable bonds is 8. The highest BCUT2D eigenvalue weighted by Crippen LogP contribution is 2.23. The maximum Gasteiger partial charge on any atom is 0.338 e. The van der Waals surface area contributed by atoms with Crippen LogP contribution in [0.5, 0.6) is 0 Å². The van der Waals surface area contributed by atoms with Gasteiger partial charge in [-0.15, -0.1) is 0 Å². The molecule has 1 atom stereocenters. The molecule has 0 aliphatic carbocycles. The van der Waals surface area contributed by atoms with Crippen LogP contribution in [0.4, 0.5) is 5.69 Å². The normalized spacial score (nSPS) is 16.2. The third kappa shape index (κ3) is 5.80. The largest absolute Gasteiger partial charge is 0.452 e. The Morgan fingerprint density at radius 3 is 2.18 bits per heavy atom. The summed E-state index contributed by atoms with van der Waals surface area (Å²) < 4.78 is 29.3. The smallest absolute Gasteiger partial charge is 0.338 e. The second kappa shape index (κ2) is 10.5. The molecule has 0 saturated carbocycles. The molecule has 0 N–H and O–H groups in total. The molecule has 0 bridgehead atoms. The second-order valence-corrected chi connectivity index (χ2v) is 9.97. The number of hydrogen-bond donors (Lipinski definition) is 0. The van der Waals surface area contributed by atoms with Gasteiger partial charge in [-0.2, -0.15) is 0 Å². The molecule has 0 fully saturated rings. The zero-order valence-electron chi connectivity index (χ0n) is 18.5. The van der Waals surface area contributed by atoms with Crippen LogP contribution in [-0.4, -0.2) is 38.7 Å². The molecule has 1 aliphatic heterocycles. The van der Waals surface area contributed by atoms with Gasteiger partial charge in [-0.05, 0) is 48.2 Å². The summed E-state index contributed by atoms with van der Waals surface area (Å²) in [6.45, 7) is -0.495. The molecule has 34 heavy (non-hydrogen) atoms. The van der Waals surface area contributed by atoms with Crippen molar-refractivity contribution in [3.63, 3.8) is 0 Å². The van der Waals surface area contributed by atoms with Gasteiger partial charge in [0.05, 0.1) is 17.4 Å². The van der Waals surface area contributed by atoms with Crippen LogP contribution in [0.2, 0.25) is 0 Å². The van der Waals surface area contributed by atoms with Gasteiger partial charge in [0.15, 0.2) is 16.4 Å². The molecule has 1 heterocycles. The quantitative estimate of drug-likeness (QED) is 0.461. The summed E-state index contributed by atoms with van der Waals surface area (Å²) in [4.78, 5) is 27.3. The standard InChI is InChI=1S/C27H25NO5S/c29-26(28(23-12-5-2-6-13-23)24-17-18-34(31,32)20-24)19-33-27(30)25-14-8-7-11-22(25)16-15-21-9-3-1-4-10-21/h1-14,17-18,24H,15-16,19-20H2. The molecule has 0 radical (unpaired) electrons. The molecule has 174 valence electrons. The lowest BCUT2D eigenvalue weighted by atomic mass is 10.00. The minimum atomic E-state index is -3.37. The predicted octanol–water partition coefficient (Wildman–Crippen LogP) is 3.97. The zero-order valence-corrected chi connectivity index (χ0v) is 19.4. The van der Waals surface area contributed by atoms with Crippen molar-refractivity contribution in [2.75, 3.05) is 17.3 Å². The number of benzene rings is 3. The highest BCUT2D eigenvalue weighted by molar-refractivity contribution is 7.94. The Morgan fingerprint density at radius 2 is 1.50 bits per heavy atom. The average Bonchev–Trinajstić information content (AvgIpc) is 3.21. The SMILES string of the molecule is O=C(OCC(=O)N(c1ccccc1)C1C=CS(=O)(=O)C1)c1ccccc1CCc1ccccc1. The van der Waals surface area contributed by atoms with E-state index in [1.165, 1.54) is 16.5 Å². The molecule has 0 spiro atoms. The highest BCUT2D eigenvalue weighted by Gasteiger charge is 2.32. The lowest BCUT2D eigenvalue weighted by molar-refractivity contribution is -0.121. The predicted molar refractivity (Wildman–Crippen MR) is 131 cm³/mol. The summed E-state index contributed by atoms with van der Waals surface area (Å²) in [5, 5.41) is 1.12. The van der Waals surface area contributed by atoms with Crippen molar-refractivity contribution >= 4 is 27.4 Å². The first-order valence-corrected chi connectivity index (χ1v) is 12.7. The summed E-state index contributed by atoms with van der Waals surface area (Å²) in [5.74, 6) is -1.28. The lowest BCUT2D eigenvalue weighted by Crippen LogP contribution is -2.43. The number of sulfone groups is 1. The fourth-order valence-corrected chi connectivity index (χ4v) is 5.23. The Kier molecular flexibility index (Phi) is 7.23. The van der Waals surface area contributed by atoms with Crippen molar-refractivity contribution in [2.45, 2.75) is 18.9 Å². The summed E-state index contributed by atoms with van der Waals surface area (Å²) in [6.07, 6.45) is 2.92. The Morgan fingerprint density at radius 1 is 0.853 bits per heavy atom. The molecule has 4 rings (SSSR count). The van der Waals surface area contributed by atoms with E-state index < -0.39 is 34.4 Å². The number of para-hydroxylation sites is 1. The van der Waals surface area contributed by atoms with Crippen LogP contribution >= 0.6 is 0 Å². The van der Waals surface area contributed by atoms with E-state index in [1.54, 1.807) is 42.5 Å². The van der Waals surface area contributed by atoms with E-state index in [2.05, 4.69) is 0 Å². The lowest BCUT2D eigenvalue weighted by Gasteiger charge is -2.27. The fourth-order valence-electron chi connectivity index (χ4n) is 3.96. The number of esters is 1. The number of hydrogen-bond acceptors (Lipinski definition) is 5. The van der Waals surface area contributed by atoms with E-state index >= 15 is 0 Å². The summed E-state index contributed by atoms with van der Waals surface area (Å²) in [7, 11) is -3.37. The monoisotopic (exact) mass is 475 g/mol. The van der Waals surface area contributed by atoms with Crippen molar-refractivity contribution in [3.05, 3.63) is 113 Å². The van der Waals surface area contributed by atoms with E-state index in [0.717, 1.165) is 17.4 Å². The Balaban J connectivity index is 1.45. The fraction of sp³-hybridized carbons (Fsp3) is 0.185. The van der Waals surface area contributed by atoms with E-state index in [-0.39, 0.29) is 5.75 Å². The van der Waals surface area contributed by atoms with Crippen LogP contribution in [0.3, 0.4) is 0 Å². The molecule has 1 amide bonds. The number of carbonyl (C=O) groups is 2. The number of amides is 1. The molecule has 6 nitrogen and oxygen atoms in total. The van der Waals surface area contributed by atoms with Crippen molar-refractivity contribution in [3.8, 4) is 0 Å². The molecule has 0 aromatic heterocycles. The van der Waals surface area contributed by atoms with Crippen LogP contribution in [0.25, 0.3) is 0 Å². The minimum Gasteiger partial charge on any atom is -0.452 e. The van der Waals surface area contributed by atoms with Crippen LogP contribution in [0.1, 0.15) is 21.5 Å². The van der Waals surface area contributed by atoms with Crippen molar-refractivity contribution in [2.24, 2.45) is 0 Å². The van der Waals surface area contributed by atoms with Gasteiger partial charge in [-0.1, -0.05) is 66.7 Å². The molecule has 3 aromatic rings. The number of anilines is 1. The number of ether oxygens (including phenoxy) is 1. The van der Waals surface area contributed by atoms with E-state index in [1.807, 2.05) is 42.5 Å². The Hall–Kier alpha value is -3.71. The maximum atomic E-state index is 13.1. The number of carbonyl (C=O) groups excluding carboxylic acids is 2. The Bertz CT molecular complexity index is 1290. The second-order valence-electron chi connectivity index (χ2n) is 8.04. The van der Waals surface area contributed by atoms with Crippen LogP contribution in [0.15, 0.2) is 96.4 Å². The van der Waals surface area contributed by atoms with E-state index in [0.29, 0.717) is 17.7 Å². The van der Waals surface area contributed by atoms with Crippen LogP contribution < -0.4 is 4.90 Å². The molecule has 1 aliphatic rings. The van der Waals surface area contributed by atoms with Crippen LogP contribution in [-0.2, 0) is 32.2 Å². The number of nitrogens with zero attached hydrogens (tertiary/aromatic N) is 1. The first kappa shape index (κ1) is 23.4. The first-order valence-electron chi connectivity index (χ1n) is 11.0. The Labute approximate surface area is 199 Å². The van der Waals surface area contributed by atoms with Crippen molar-refractivity contribution in [1.29, 1.82) is 0 Å². The third-order valence-electron chi connectivity index (χ3n) is 5.64. The van der Waals surface area contributed by atoms with Crippen molar-refractivity contribution < 1.29 is 22.7 Å². The zero-order chi connectivity index (χ0) is 24.0.